The molecule has 0 aromatic carbocycles. The number of halogens is 1. The van der Waals surface area contributed by atoms with E-state index in [4.69, 9.17) is 17.3 Å². The van der Waals surface area contributed by atoms with Crippen LogP contribution in [0.25, 0.3) is 0 Å². The maximum atomic E-state index is 5.62. The Hall–Kier alpha value is -1.31. The summed E-state index contributed by atoms with van der Waals surface area (Å²) in [6.07, 6.45) is 1.39. The van der Waals surface area contributed by atoms with E-state index in [0.717, 1.165) is 0 Å². The van der Waals surface area contributed by atoms with Crippen molar-refractivity contribution >= 4 is 17.4 Å². The highest BCUT2D eigenvalue weighted by atomic mass is 35.5. The van der Waals surface area contributed by atoms with Gasteiger partial charge < -0.3 is 11.1 Å². The van der Waals surface area contributed by atoms with Crippen molar-refractivity contribution in [2.24, 2.45) is 0 Å². The standard InChI is InChI=1S/C8H9ClN4/c1-11-4-2-3-6-8(10)12-5-7(9)13-6/h5,11H,4H2,1H3,(H2,10,12). The molecule has 1 aromatic rings. The van der Waals surface area contributed by atoms with E-state index >= 15 is 0 Å². The molecule has 0 spiro atoms. The van der Waals surface area contributed by atoms with Gasteiger partial charge in [0, 0.05) is 0 Å². The molecule has 1 rings (SSSR count). The summed E-state index contributed by atoms with van der Waals surface area (Å²) in [6, 6.07) is 0. The molecule has 3 N–H and O–H groups in total. The van der Waals surface area contributed by atoms with Gasteiger partial charge in [0.05, 0.1) is 12.7 Å². The largest absolute Gasteiger partial charge is 0.381 e. The average molecular weight is 197 g/mol. The third-order valence-corrected chi connectivity index (χ3v) is 1.43. The van der Waals surface area contributed by atoms with Gasteiger partial charge in [0.1, 0.15) is 5.15 Å². The van der Waals surface area contributed by atoms with Gasteiger partial charge in [0.15, 0.2) is 11.5 Å². The normalized spacial score (nSPS) is 9.08. The summed E-state index contributed by atoms with van der Waals surface area (Å²) in [5.41, 5.74) is 5.94. The molecule has 0 radical (unpaired) electrons. The monoisotopic (exact) mass is 196 g/mol. The summed E-state index contributed by atoms with van der Waals surface area (Å²) in [5.74, 6) is 5.88. The lowest BCUT2D eigenvalue weighted by Crippen LogP contribution is -2.05. The molecule has 1 heterocycles. The Labute approximate surface area is 81.5 Å². The van der Waals surface area contributed by atoms with Crippen molar-refractivity contribution in [3.8, 4) is 11.8 Å². The number of rotatable bonds is 1. The van der Waals surface area contributed by atoms with E-state index in [2.05, 4.69) is 27.1 Å². The van der Waals surface area contributed by atoms with Crippen LogP contribution in [0.3, 0.4) is 0 Å². The van der Waals surface area contributed by atoms with Crippen molar-refractivity contribution in [2.45, 2.75) is 0 Å². The van der Waals surface area contributed by atoms with E-state index in [1.54, 1.807) is 0 Å². The van der Waals surface area contributed by atoms with Crippen LogP contribution in [0.15, 0.2) is 6.20 Å². The molecule has 0 saturated heterocycles. The fourth-order valence-electron chi connectivity index (χ4n) is 0.685. The highest BCUT2D eigenvalue weighted by Crippen LogP contribution is 2.07. The second-order valence-corrected chi connectivity index (χ2v) is 2.65. The molecule has 0 saturated carbocycles. The van der Waals surface area contributed by atoms with Gasteiger partial charge in [0.2, 0.25) is 0 Å². The van der Waals surface area contributed by atoms with Crippen LogP contribution >= 0.6 is 11.6 Å². The summed E-state index contributed by atoms with van der Waals surface area (Å²) in [5, 5.41) is 3.17. The molecule has 4 nitrogen and oxygen atoms in total. The Morgan fingerprint density at radius 1 is 1.69 bits per heavy atom. The van der Waals surface area contributed by atoms with Gasteiger partial charge in [-0.3, -0.25) is 0 Å². The van der Waals surface area contributed by atoms with Gasteiger partial charge in [-0.05, 0) is 13.0 Å². The lowest BCUT2D eigenvalue weighted by atomic mass is 10.4. The lowest BCUT2D eigenvalue weighted by molar-refractivity contribution is 0.938. The van der Waals surface area contributed by atoms with Gasteiger partial charge in [-0.1, -0.05) is 17.5 Å². The van der Waals surface area contributed by atoms with Gasteiger partial charge in [-0.15, -0.1) is 0 Å². The van der Waals surface area contributed by atoms with Crippen LogP contribution < -0.4 is 11.1 Å². The van der Waals surface area contributed by atoms with E-state index in [-0.39, 0.29) is 0 Å². The van der Waals surface area contributed by atoms with Crippen LogP contribution in [0.5, 0.6) is 0 Å². The minimum atomic E-state index is 0.294. The van der Waals surface area contributed by atoms with E-state index < -0.39 is 0 Å². The first-order valence-electron chi connectivity index (χ1n) is 3.65. The van der Waals surface area contributed by atoms with Gasteiger partial charge in [-0.25, -0.2) is 9.97 Å². The molecule has 0 aliphatic heterocycles. The van der Waals surface area contributed by atoms with Gasteiger partial charge >= 0.3 is 0 Å². The zero-order valence-electron chi connectivity index (χ0n) is 7.13. The number of nitrogens with two attached hydrogens (primary N) is 1. The van der Waals surface area contributed by atoms with Crippen LogP contribution in [-0.2, 0) is 0 Å². The summed E-state index contributed by atoms with van der Waals surface area (Å²) in [6.45, 7) is 0.577. The SMILES string of the molecule is CNCC#Cc1nc(Cl)cnc1N. The maximum absolute atomic E-state index is 5.62. The topological polar surface area (TPSA) is 63.8 Å². The van der Waals surface area contributed by atoms with Crippen LogP contribution in [0.2, 0.25) is 5.15 Å². The summed E-state index contributed by atoms with van der Waals surface area (Å²) < 4.78 is 0. The minimum absolute atomic E-state index is 0.294. The summed E-state index contributed by atoms with van der Waals surface area (Å²) in [7, 11) is 1.81. The maximum Gasteiger partial charge on any atom is 0.158 e. The molecule has 0 fully saturated rings. The molecule has 0 aliphatic rings. The third kappa shape index (κ3) is 2.90. The van der Waals surface area contributed by atoms with Crippen LogP contribution in [0, 0.1) is 11.8 Å². The Morgan fingerprint density at radius 3 is 3.15 bits per heavy atom. The lowest BCUT2D eigenvalue weighted by Gasteiger charge is -1.95. The number of hydrogen-bond acceptors (Lipinski definition) is 4. The number of nitrogens with zero attached hydrogens (tertiary/aromatic N) is 2. The second kappa shape index (κ2) is 4.65. The molecule has 0 unspecified atom stereocenters. The first-order valence-corrected chi connectivity index (χ1v) is 4.03. The van der Waals surface area contributed by atoms with Crippen LogP contribution in [0.4, 0.5) is 5.82 Å². The van der Waals surface area contributed by atoms with Crippen molar-refractivity contribution < 1.29 is 0 Å². The fraction of sp³-hybridized carbons (Fsp3) is 0.250. The number of nitrogen functional groups attached to an aromatic ring is 1. The second-order valence-electron chi connectivity index (χ2n) is 2.26. The summed E-state index contributed by atoms with van der Waals surface area (Å²) in [4.78, 5) is 7.74. The first-order chi connectivity index (χ1) is 6.24. The zero-order valence-corrected chi connectivity index (χ0v) is 7.89. The van der Waals surface area contributed by atoms with Crippen molar-refractivity contribution in [1.29, 1.82) is 0 Å². The number of aromatic nitrogens is 2. The molecule has 1 aromatic heterocycles. The number of hydrogen-bond donors (Lipinski definition) is 2. The highest BCUT2D eigenvalue weighted by molar-refractivity contribution is 6.29. The quantitative estimate of drug-likeness (QED) is 0.634. The molecule has 0 atom stereocenters. The van der Waals surface area contributed by atoms with Crippen LogP contribution in [0.1, 0.15) is 5.69 Å². The highest BCUT2D eigenvalue weighted by Gasteiger charge is 1.98. The Bertz CT molecular complexity index is 353. The van der Waals surface area contributed by atoms with Crippen molar-refractivity contribution in [2.75, 3.05) is 19.3 Å². The van der Waals surface area contributed by atoms with Crippen molar-refractivity contribution in [3.05, 3.63) is 17.0 Å². The predicted octanol–water partition coefficient (Wildman–Crippen LogP) is 0.283. The van der Waals surface area contributed by atoms with Crippen molar-refractivity contribution in [3.63, 3.8) is 0 Å². The molecule has 0 bridgehead atoms. The molecule has 68 valence electrons. The molecule has 0 aliphatic carbocycles. The Kier molecular flexibility index (Phi) is 3.50. The Morgan fingerprint density at radius 2 is 2.46 bits per heavy atom. The van der Waals surface area contributed by atoms with E-state index in [1.165, 1.54) is 6.20 Å². The van der Waals surface area contributed by atoms with E-state index in [0.29, 0.717) is 23.2 Å². The minimum Gasteiger partial charge on any atom is -0.381 e. The average Bonchev–Trinajstić information content (AvgIpc) is 2.11. The van der Waals surface area contributed by atoms with E-state index in [1.807, 2.05) is 7.05 Å². The van der Waals surface area contributed by atoms with E-state index in [9.17, 15) is 0 Å². The molecule has 5 heteroatoms. The molecule has 13 heavy (non-hydrogen) atoms. The third-order valence-electron chi connectivity index (χ3n) is 1.24. The fourth-order valence-corrected chi connectivity index (χ4v) is 0.819. The Balaban J connectivity index is 2.89. The predicted molar refractivity (Wildman–Crippen MR) is 52.3 cm³/mol. The molecular formula is C8H9ClN4. The summed E-state index contributed by atoms with van der Waals surface area (Å²) >= 11 is 5.62. The smallest absolute Gasteiger partial charge is 0.158 e. The molecular weight excluding hydrogens is 188 g/mol. The van der Waals surface area contributed by atoms with Gasteiger partial charge in [0.25, 0.3) is 0 Å². The van der Waals surface area contributed by atoms with Crippen molar-refractivity contribution in [1.82, 2.24) is 15.3 Å². The zero-order chi connectivity index (χ0) is 9.68. The number of anilines is 1. The van der Waals surface area contributed by atoms with Crippen LogP contribution in [-0.4, -0.2) is 23.6 Å². The van der Waals surface area contributed by atoms with Gasteiger partial charge in [-0.2, -0.15) is 0 Å². The first kappa shape index (κ1) is 9.78. The number of nitrogens with one attached hydrogen (secondary N) is 1. The molecule has 0 amide bonds.